The van der Waals surface area contributed by atoms with E-state index in [1.807, 2.05) is 146 Å². The van der Waals surface area contributed by atoms with Gasteiger partial charge in [-0.15, -0.1) is 22.1 Å². The Bertz CT molecular complexity index is 5790. The summed E-state index contributed by atoms with van der Waals surface area (Å²) in [6.45, 7) is 5.16. The summed E-state index contributed by atoms with van der Waals surface area (Å²) in [7, 11) is 0. The van der Waals surface area contributed by atoms with Crippen LogP contribution in [0.15, 0.2) is 146 Å². The molecule has 0 unspecified atom stereocenters. The van der Waals surface area contributed by atoms with Gasteiger partial charge in [-0.2, -0.15) is 0 Å². The molecule has 3 aromatic heterocycles. The number of rotatable bonds is 16. The average molecular weight is 1840 g/mol. The zero-order chi connectivity index (χ0) is 89.5. The van der Waals surface area contributed by atoms with Gasteiger partial charge in [-0.1, -0.05) is 202 Å². The molecule has 0 atom stereocenters. The van der Waals surface area contributed by atoms with Crippen LogP contribution in [0.2, 0.25) is 0 Å². The normalized spacial score (nSPS) is 17.6. The van der Waals surface area contributed by atoms with Gasteiger partial charge in [0.25, 0.3) is 23.6 Å². The van der Waals surface area contributed by atoms with Gasteiger partial charge in [-0.05, 0) is 121 Å². The molecule has 674 valence electrons. The number of carbonyl (C=O) groups is 4. The summed E-state index contributed by atoms with van der Waals surface area (Å²) in [6.07, 6.45) is 20.2. The van der Waals surface area contributed by atoms with Crippen LogP contribution in [0.25, 0.3) is 90.9 Å². The molecule has 0 saturated carbocycles. The Kier molecular flexibility index (Phi) is 25.2. The number of benzene rings is 8. The van der Waals surface area contributed by atoms with Crippen molar-refractivity contribution in [3.05, 3.63) is 235 Å². The summed E-state index contributed by atoms with van der Waals surface area (Å²) >= 11 is 0. The first-order chi connectivity index (χ1) is 65.0. The molecule has 0 radical (unpaired) electrons. The van der Waals surface area contributed by atoms with Gasteiger partial charge in [-0.3, -0.25) is 19.2 Å². The molecule has 11 aromatic rings. The number of carbonyl (C=O) groups excluding carboxylic acids is 4. The first-order valence-electron chi connectivity index (χ1n) is 46.8. The van der Waals surface area contributed by atoms with Gasteiger partial charge < -0.3 is 88.1 Å². The summed E-state index contributed by atoms with van der Waals surface area (Å²) in [5, 5.41) is 13.5. The largest absolute Gasteiger partial charge is 2.00 e. The second-order valence-electron chi connectivity index (χ2n) is 35.2. The van der Waals surface area contributed by atoms with Crippen LogP contribution in [0.4, 0.5) is 0 Å². The SMILES string of the molecule is CCCCCC1c2cc3c4c5c2OCOc2c1cc1c6c2CNC(=O)COc2ccccc2-c2c7nc(c(c8ccc([n-]8)c8c9nc(c(c%10ccc2[n-]%10)-c2ccccc2OCC(=O)NCc2c(c(cc%10c2OCOc2c(cc(c(c2CNC(=O)COc2ccccc2-8)OCO4)C3CCCCC)C%10CCCCC)C1CCCCC)OCO6)C=C9)-c1ccccc1OCC(=O)NC5)C=C7.[Zn+2]. The monoisotopic (exact) mass is 1830 g/mol. The summed E-state index contributed by atoms with van der Waals surface area (Å²) in [5.74, 6) is 1.16. The standard InChI is InChI=1S/C108H106N8O16.Zn/c1-5-9-13-25-61-69-45-71-62(26-14-10-6-2)73-47-75-64(28-16-12-8-4)76-48-74-63(27-15-11-7-3)72-46-70(61)102-78-50-110-94(118)54-122-90-34-22-18-30-66(90)98-82-38-37-81(113-82)97-65-29-17-21-33-89(65)121-53-93(117)109-49-77(101(69)125-57-126-102)103(71)127-58-129-105(73)79-51-111-95(119)55-123-91-35-23-19-31-67(91)99(85-41-39-83(97)114-85)87-43-44-88(116-87)100(86-42-40-84(98)115-86)68-32-20-24-36-92(68)124-56-96(120)112-52-80(106(74)130-59-128-104(72)78)108(76)132-60-131-107(75)79;/h17-24,29-48,61-64H,5-16,25-28,49-60H2,1-4H3,(H6,109,110,111,112,113,114,115,116,117,118,119,120);/q;+2/p-2. The second kappa shape index (κ2) is 38.3. The van der Waals surface area contributed by atoms with E-state index in [1.165, 1.54) is 0 Å². The minimum Gasteiger partial charge on any atom is -0.657 e. The van der Waals surface area contributed by atoms with Crippen LogP contribution in [-0.2, 0) is 64.8 Å². The Morgan fingerprint density at radius 1 is 0.286 bits per heavy atom. The van der Waals surface area contributed by atoms with Crippen molar-refractivity contribution in [1.82, 2.24) is 41.2 Å². The van der Waals surface area contributed by atoms with E-state index in [1.54, 1.807) is 0 Å². The van der Waals surface area contributed by atoms with E-state index in [9.17, 15) is 0 Å². The molecule has 133 heavy (non-hydrogen) atoms. The van der Waals surface area contributed by atoms with Crippen molar-refractivity contribution in [2.45, 2.75) is 180 Å². The number of nitrogens with one attached hydrogen (secondary N) is 4. The van der Waals surface area contributed by atoms with Crippen molar-refractivity contribution < 1.29 is 95.5 Å². The number of unbranched alkanes of at least 4 members (excludes halogenated alkanes) is 8. The molecule has 22 rings (SSSR count). The first-order valence-corrected chi connectivity index (χ1v) is 46.8. The number of ether oxygens (including phenoxy) is 12. The average Bonchev–Trinajstić information content (AvgIpc) is 1.31. The molecule has 0 fully saturated rings. The van der Waals surface area contributed by atoms with Crippen LogP contribution in [0.3, 0.4) is 0 Å². The molecule has 4 N–H and O–H groups in total. The van der Waals surface area contributed by atoms with E-state index in [4.69, 9.17) is 76.8 Å². The molecule has 8 aromatic carbocycles. The minimum absolute atomic E-state index is 0. The van der Waals surface area contributed by atoms with E-state index in [2.05, 4.69) is 73.2 Å². The molecule has 30 bridgehead atoms. The maximum atomic E-state index is 15.8. The maximum Gasteiger partial charge on any atom is 2.00 e. The van der Waals surface area contributed by atoms with Gasteiger partial charge in [0.1, 0.15) is 69.0 Å². The third-order valence-electron chi connectivity index (χ3n) is 27.1. The number of hydrogen-bond acceptors (Lipinski definition) is 18. The van der Waals surface area contributed by atoms with Gasteiger partial charge in [0.2, 0.25) is 27.2 Å². The topological polar surface area (TPSA) is 281 Å². The number of hydrogen-bond donors (Lipinski definition) is 4. The molecule has 24 nitrogen and oxygen atoms in total. The Hall–Kier alpha value is -13.5. The fraction of sp³-hybridized carbons (Fsp3) is 0.333. The van der Waals surface area contributed by atoms with E-state index in [0.29, 0.717) is 206 Å². The molecule has 4 amide bonds. The zero-order valence-electron chi connectivity index (χ0n) is 75.3. The van der Waals surface area contributed by atoms with Crippen LogP contribution in [0, 0.1) is 0 Å². The summed E-state index contributed by atoms with van der Waals surface area (Å²) < 4.78 is 86.9. The molecule has 0 spiro atoms. The van der Waals surface area contributed by atoms with Gasteiger partial charge in [-0.25, -0.2) is 9.97 Å². The number of nitrogens with zero attached hydrogens (tertiary/aromatic N) is 4. The number of amides is 4. The smallest absolute Gasteiger partial charge is 0.657 e. The predicted octanol–water partition coefficient (Wildman–Crippen LogP) is 20.4. The third-order valence-corrected chi connectivity index (χ3v) is 27.1. The molecular weight excluding hydrogens is 1730 g/mol. The van der Waals surface area contributed by atoms with Crippen LogP contribution < -0.4 is 88.1 Å². The molecule has 25 heteroatoms. The quantitative estimate of drug-likeness (QED) is 0.0516. The Labute approximate surface area is 784 Å². The summed E-state index contributed by atoms with van der Waals surface area (Å²) in [6, 6.07) is 47.1. The van der Waals surface area contributed by atoms with E-state index < -0.39 is 73.7 Å². The van der Waals surface area contributed by atoms with Crippen LogP contribution in [0.1, 0.15) is 244 Å². The number of fused-ring (bicyclic) bond motifs is 12. The van der Waals surface area contributed by atoms with Crippen molar-refractivity contribution in [2.24, 2.45) is 0 Å². The maximum absolute atomic E-state index is 15.8. The molecular formula is C108H104N8O16Zn. The number of para-hydroxylation sites is 4. The van der Waals surface area contributed by atoms with Crippen molar-refractivity contribution in [1.29, 1.82) is 0 Å². The van der Waals surface area contributed by atoms with Crippen molar-refractivity contribution >= 4 is 70.0 Å². The van der Waals surface area contributed by atoms with E-state index in [-0.39, 0.29) is 72.8 Å². The van der Waals surface area contributed by atoms with Crippen LogP contribution in [-0.4, -0.2) is 87.2 Å². The zero-order valence-corrected chi connectivity index (χ0v) is 78.3. The van der Waals surface area contributed by atoms with Crippen molar-refractivity contribution in [3.63, 3.8) is 0 Å². The van der Waals surface area contributed by atoms with Crippen molar-refractivity contribution in [2.75, 3.05) is 53.6 Å². The Morgan fingerprint density at radius 2 is 0.496 bits per heavy atom. The van der Waals surface area contributed by atoms with Gasteiger partial charge >= 0.3 is 19.5 Å². The first kappa shape index (κ1) is 87.4. The third kappa shape index (κ3) is 16.7. The van der Waals surface area contributed by atoms with Gasteiger partial charge in [0.05, 0.1) is 71.2 Å². The van der Waals surface area contributed by atoms with Crippen LogP contribution >= 0.6 is 0 Å². The second-order valence-corrected chi connectivity index (χ2v) is 35.2. The van der Waals surface area contributed by atoms with E-state index >= 15 is 19.2 Å². The summed E-state index contributed by atoms with van der Waals surface area (Å²) in [4.78, 5) is 85.6. The number of aromatic nitrogens is 4. The summed E-state index contributed by atoms with van der Waals surface area (Å²) in [5.41, 5.74) is 17.0. The molecule has 0 aliphatic carbocycles. The van der Waals surface area contributed by atoms with Crippen molar-refractivity contribution in [3.8, 4) is 114 Å². The van der Waals surface area contributed by atoms with Crippen LogP contribution in [0.5, 0.6) is 69.0 Å². The molecule has 0 saturated heterocycles. The van der Waals surface area contributed by atoms with E-state index in [0.717, 1.165) is 122 Å². The fourth-order valence-electron chi connectivity index (χ4n) is 20.9. The van der Waals surface area contributed by atoms with Gasteiger partial charge in [0.15, 0.2) is 26.4 Å². The molecule has 11 aliphatic heterocycles. The Balaban J connectivity index is 0.0000110. The molecule has 11 aliphatic rings. The minimum atomic E-state index is -0.533. The predicted molar refractivity (Wildman–Crippen MR) is 502 cm³/mol. The molecule has 14 heterocycles. The Morgan fingerprint density at radius 3 is 0.707 bits per heavy atom. The fourth-order valence-corrected chi connectivity index (χ4v) is 20.9. The van der Waals surface area contributed by atoms with Gasteiger partial charge in [0, 0.05) is 90.4 Å².